The summed E-state index contributed by atoms with van der Waals surface area (Å²) in [5.74, 6) is -2.12. The van der Waals surface area contributed by atoms with E-state index in [4.69, 9.17) is 9.47 Å². The summed E-state index contributed by atoms with van der Waals surface area (Å²) >= 11 is 0. The molecule has 1 aromatic heterocycles. The van der Waals surface area contributed by atoms with E-state index in [1.165, 1.54) is 7.11 Å². The highest BCUT2D eigenvalue weighted by Gasteiger charge is 2.23. The second kappa shape index (κ2) is 10.2. The van der Waals surface area contributed by atoms with Gasteiger partial charge in [0.15, 0.2) is 6.61 Å². The summed E-state index contributed by atoms with van der Waals surface area (Å²) in [6.07, 6.45) is 0.626. The number of H-pyrrole nitrogens is 1. The molecule has 0 aromatic carbocycles. The number of hydrogen-bond acceptors (Lipinski definition) is 7. The first-order valence-corrected chi connectivity index (χ1v) is 8.18. The average Bonchev–Trinajstić information content (AvgIpc) is 2.90. The summed E-state index contributed by atoms with van der Waals surface area (Å²) in [6.45, 7) is 5.05. The predicted octanol–water partition coefficient (Wildman–Crippen LogP) is 1.03. The first-order valence-electron chi connectivity index (χ1n) is 8.18. The molecule has 1 aromatic rings. The molecule has 1 amide bonds. The Hall–Kier alpha value is -2.84. The Morgan fingerprint density at radius 1 is 1.08 bits per heavy atom. The van der Waals surface area contributed by atoms with Gasteiger partial charge in [0.2, 0.25) is 0 Å². The quantitative estimate of drug-likeness (QED) is 0.379. The zero-order valence-electron chi connectivity index (χ0n) is 15.4. The van der Waals surface area contributed by atoms with Crippen LogP contribution < -0.4 is 5.32 Å². The molecular formula is C17H24N2O7. The van der Waals surface area contributed by atoms with E-state index >= 15 is 0 Å². The number of nitrogens with one attached hydrogen (secondary N) is 2. The summed E-state index contributed by atoms with van der Waals surface area (Å²) in [4.78, 5) is 49.4. The minimum Gasteiger partial charge on any atom is -0.466 e. The van der Waals surface area contributed by atoms with Gasteiger partial charge in [0.1, 0.15) is 5.69 Å². The van der Waals surface area contributed by atoms with Crippen molar-refractivity contribution < 1.29 is 33.4 Å². The normalized spacial score (nSPS) is 10.2. The van der Waals surface area contributed by atoms with Gasteiger partial charge in [0.05, 0.1) is 19.3 Å². The molecule has 2 N–H and O–H groups in total. The number of carbonyl (C=O) groups excluding carboxylic acids is 4. The van der Waals surface area contributed by atoms with Crippen LogP contribution in [0.2, 0.25) is 0 Å². The van der Waals surface area contributed by atoms with E-state index in [1.807, 2.05) is 0 Å². The first-order chi connectivity index (χ1) is 12.3. The molecule has 9 nitrogen and oxygen atoms in total. The van der Waals surface area contributed by atoms with Gasteiger partial charge in [-0.15, -0.1) is 0 Å². The van der Waals surface area contributed by atoms with Gasteiger partial charge in [-0.2, -0.15) is 0 Å². The van der Waals surface area contributed by atoms with Crippen LogP contribution in [0.25, 0.3) is 0 Å². The molecule has 0 atom stereocenters. The van der Waals surface area contributed by atoms with Crippen LogP contribution in [0, 0.1) is 13.8 Å². The number of amides is 1. The predicted molar refractivity (Wildman–Crippen MR) is 90.8 cm³/mol. The molecule has 0 saturated heterocycles. The summed E-state index contributed by atoms with van der Waals surface area (Å²) in [5.41, 5.74) is 1.24. The highest BCUT2D eigenvalue weighted by Crippen LogP contribution is 2.19. The number of hydrogen-bond donors (Lipinski definition) is 2. The number of esters is 3. The molecule has 144 valence electrons. The zero-order chi connectivity index (χ0) is 19.7. The maximum absolute atomic E-state index is 12.1. The molecule has 0 aliphatic rings. The molecule has 9 heteroatoms. The van der Waals surface area contributed by atoms with Crippen molar-refractivity contribution in [3.05, 3.63) is 22.5 Å². The Balaban J connectivity index is 2.46. The SMILES string of the molecule is CCOC(=O)CCCNC(=O)COC(=O)c1[nH]c(C)c(C(=O)OC)c1C. The van der Waals surface area contributed by atoms with Gasteiger partial charge in [-0.05, 0) is 32.8 Å². The standard InChI is InChI=1S/C17H24N2O7/c1-5-25-13(21)7-6-8-18-12(20)9-26-17(23)15-10(2)14(11(3)19-15)16(22)24-4/h19H,5-9H2,1-4H3,(H,18,20). The minimum absolute atomic E-state index is 0.0954. The van der Waals surface area contributed by atoms with E-state index in [2.05, 4.69) is 15.0 Å². The van der Waals surface area contributed by atoms with E-state index < -0.39 is 24.5 Å². The second-order valence-electron chi connectivity index (χ2n) is 5.45. The van der Waals surface area contributed by atoms with Crippen LogP contribution in [0.3, 0.4) is 0 Å². The van der Waals surface area contributed by atoms with Crippen LogP contribution in [0.1, 0.15) is 51.9 Å². The summed E-state index contributed by atoms with van der Waals surface area (Å²) in [7, 11) is 1.25. The van der Waals surface area contributed by atoms with E-state index in [0.29, 0.717) is 24.3 Å². The number of ether oxygens (including phenoxy) is 3. The third-order valence-corrected chi connectivity index (χ3v) is 3.55. The van der Waals surface area contributed by atoms with Crippen molar-refractivity contribution in [2.75, 3.05) is 26.9 Å². The van der Waals surface area contributed by atoms with Gasteiger partial charge in [-0.3, -0.25) is 9.59 Å². The third kappa shape index (κ3) is 5.91. The van der Waals surface area contributed by atoms with Crippen LogP contribution in [0.5, 0.6) is 0 Å². The molecule has 0 radical (unpaired) electrons. The lowest BCUT2D eigenvalue weighted by atomic mass is 10.1. The summed E-state index contributed by atoms with van der Waals surface area (Å²) < 4.78 is 14.4. The van der Waals surface area contributed by atoms with Crippen molar-refractivity contribution in [3.63, 3.8) is 0 Å². The molecule has 0 bridgehead atoms. The van der Waals surface area contributed by atoms with Crippen molar-refractivity contribution in [1.29, 1.82) is 0 Å². The summed E-state index contributed by atoms with van der Waals surface area (Å²) in [5, 5.41) is 2.54. The highest BCUT2D eigenvalue weighted by molar-refractivity contribution is 5.99. The van der Waals surface area contributed by atoms with Crippen LogP contribution in [0.4, 0.5) is 0 Å². The number of aromatic nitrogens is 1. The van der Waals surface area contributed by atoms with Crippen molar-refractivity contribution in [1.82, 2.24) is 10.3 Å². The van der Waals surface area contributed by atoms with Crippen LogP contribution >= 0.6 is 0 Å². The fraction of sp³-hybridized carbons (Fsp3) is 0.529. The topological polar surface area (TPSA) is 124 Å². The fourth-order valence-electron chi connectivity index (χ4n) is 2.31. The lowest BCUT2D eigenvalue weighted by Crippen LogP contribution is -2.30. The zero-order valence-corrected chi connectivity index (χ0v) is 15.4. The van der Waals surface area contributed by atoms with Crippen molar-refractivity contribution >= 4 is 23.8 Å². The third-order valence-electron chi connectivity index (χ3n) is 3.55. The Morgan fingerprint density at radius 2 is 1.77 bits per heavy atom. The maximum Gasteiger partial charge on any atom is 0.355 e. The van der Waals surface area contributed by atoms with Crippen LogP contribution in [-0.2, 0) is 23.8 Å². The van der Waals surface area contributed by atoms with Gasteiger partial charge in [0, 0.05) is 18.7 Å². The minimum atomic E-state index is -0.748. The van der Waals surface area contributed by atoms with Crippen LogP contribution in [-0.4, -0.2) is 55.7 Å². The van der Waals surface area contributed by atoms with E-state index in [0.717, 1.165) is 0 Å². The van der Waals surface area contributed by atoms with E-state index in [9.17, 15) is 19.2 Å². The second-order valence-corrected chi connectivity index (χ2v) is 5.45. The number of methoxy groups -OCH3 is 1. The first kappa shape index (κ1) is 21.2. The van der Waals surface area contributed by atoms with Gasteiger partial charge >= 0.3 is 17.9 Å². The molecular weight excluding hydrogens is 344 g/mol. The van der Waals surface area contributed by atoms with Gasteiger partial charge in [0.25, 0.3) is 5.91 Å². The molecule has 1 rings (SSSR count). The molecule has 0 spiro atoms. The maximum atomic E-state index is 12.1. The molecule has 26 heavy (non-hydrogen) atoms. The largest absolute Gasteiger partial charge is 0.466 e. The van der Waals surface area contributed by atoms with Crippen molar-refractivity contribution in [2.24, 2.45) is 0 Å². The number of aryl methyl sites for hydroxylation is 1. The summed E-state index contributed by atoms with van der Waals surface area (Å²) in [6, 6.07) is 0. The molecule has 0 aliphatic heterocycles. The van der Waals surface area contributed by atoms with Crippen molar-refractivity contribution in [2.45, 2.75) is 33.6 Å². The smallest absolute Gasteiger partial charge is 0.355 e. The highest BCUT2D eigenvalue weighted by atomic mass is 16.5. The number of carbonyl (C=O) groups is 4. The lowest BCUT2D eigenvalue weighted by Gasteiger charge is -2.06. The van der Waals surface area contributed by atoms with E-state index in [1.54, 1.807) is 20.8 Å². The van der Waals surface area contributed by atoms with Crippen molar-refractivity contribution in [3.8, 4) is 0 Å². The molecule has 0 saturated carbocycles. The Labute approximate surface area is 151 Å². The Bertz CT molecular complexity index is 679. The van der Waals surface area contributed by atoms with E-state index in [-0.39, 0.29) is 30.2 Å². The number of aromatic amines is 1. The Morgan fingerprint density at radius 3 is 2.38 bits per heavy atom. The van der Waals surface area contributed by atoms with Crippen LogP contribution in [0.15, 0.2) is 0 Å². The van der Waals surface area contributed by atoms with Gasteiger partial charge in [-0.1, -0.05) is 0 Å². The molecule has 0 aliphatic carbocycles. The number of rotatable bonds is 9. The monoisotopic (exact) mass is 368 g/mol. The molecule has 0 unspecified atom stereocenters. The average molecular weight is 368 g/mol. The van der Waals surface area contributed by atoms with Gasteiger partial charge in [-0.25, -0.2) is 9.59 Å². The lowest BCUT2D eigenvalue weighted by molar-refractivity contribution is -0.143. The van der Waals surface area contributed by atoms with Gasteiger partial charge < -0.3 is 24.5 Å². The fourth-order valence-corrected chi connectivity index (χ4v) is 2.31. The Kier molecular flexibility index (Phi) is 8.33. The molecule has 1 heterocycles. The molecule has 0 fully saturated rings.